The molecule has 2 atom stereocenters. The number of carbonyl (C=O) groups excluding carboxylic acids is 3. The molecule has 1 fully saturated rings. The molecule has 3 aliphatic heterocycles. The molecule has 1 saturated heterocycles. The van der Waals surface area contributed by atoms with Crippen LogP contribution in [0.15, 0.2) is 12.1 Å². The lowest BCUT2D eigenvalue weighted by atomic mass is 10.0. The second-order valence-corrected chi connectivity index (χ2v) is 6.09. The van der Waals surface area contributed by atoms with E-state index in [1.54, 1.807) is 12.1 Å². The monoisotopic (exact) mass is 332 g/mol. The molecule has 0 unspecified atom stereocenters. The number of nitrogens with zero attached hydrogens (tertiary/aromatic N) is 1. The zero-order valence-electron chi connectivity index (χ0n) is 12.8. The van der Waals surface area contributed by atoms with Gasteiger partial charge in [0.1, 0.15) is 12.6 Å². The Hall–Kier alpha value is -2.61. The number of rotatable bonds is 2. The number of ether oxygens (including phenoxy) is 2. The topological polar surface area (TPSA) is 105 Å². The molecule has 1 aromatic rings. The van der Waals surface area contributed by atoms with E-state index >= 15 is 0 Å². The zero-order valence-corrected chi connectivity index (χ0v) is 12.8. The molecular weight excluding hydrogens is 316 g/mol. The van der Waals surface area contributed by atoms with Crippen molar-refractivity contribution < 1.29 is 29.0 Å². The van der Waals surface area contributed by atoms with Crippen molar-refractivity contribution in [3.05, 3.63) is 23.3 Å². The van der Waals surface area contributed by atoms with E-state index in [0.29, 0.717) is 30.0 Å². The van der Waals surface area contributed by atoms with Crippen LogP contribution in [0.3, 0.4) is 0 Å². The van der Waals surface area contributed by atoms with Gasteiger partial charge in [-0.1, -0.05) is 0 Å². The number of aliphatic hydroxyl groups is 1. The lowest BCUT2D eigenvalue weighted by Crippen LogP contribution is -2.52. The molecular formula is C16H16N2O6. The van der Waals surface area contributed by atoms with Gasteiger partial charge in [0.2, 0.25) is 11.8 Å². The minimum Gasteiger partial charge on any atom is -0.486 e. The van der Waals surface area contributed by atoms with Crippen molar-refractivity contribution in [1.29, 1.82) is 0 Å². The molecule has 4 rings (SSSR count). The van der Waals surface area contributed by atoms with Crippen LogP contribution in [0.5, 0.6) is 11.5 Å². The van der Waals surface area contributed by atoms with Gasteiger partial charge in [-0.25, -0.2) is 0 Å². The van der Waals surface area contributed by atoms with E-state index < -0.39 is 18.1 Å². The van der Waals surface area contributed by atoms with Gasteiger partial charge in [-0.05, 0) is 24.1 Å². The third-order valence-electron chi connectivity index (χ3n) is 4.51. The Morgan fingerprint density at radius 2 is 2.08 bits per heavy atom. The summed E-state index contributed by atoms with van der Waals surface area (Å²) in [7, 11) is 0. The first-order valence-corrected chi connectivity index (χ1v) is 7.78. The number of nitrogens with one attached hydrogen (secondary N) is 1. The quantitative estimate of drug-likeness (QED) is 0.713. The van der Waals surface area contributed by atoms with Crippen molar-refractivity contribution in [3.8, 4) is 11.5 Å². The fourth-order valence-corrected chi connectivity index (χ4v) is 3.26. The molecule has 0 spiro atoms. The Labute approximate surface area is 137 Å². The van der Waals surface area contributed by atoms with Crippen LogP contribution in [0.25, 0.3) is 0 Å². The Bertz CT molecular complexity index is 746. The first-order valence-electron chi connectivity index (χ1n) is 7.78. The van der Waals surface area contributed by atoms with Crippen molar-refractivity contribution in [1.82, 2.24) is 10.2 Å². The number of hydrogen-bond acceptors (Lipinski definition) is 6. The second-order valence-electron chi connectivity index (χ2n) is 6.09. The second kappa shape index (κ2) is 5.48. The number of imide groups is 1. The SMILES string of the molecule is O=C1CC[C@H](N2Cc3cc4c(cc3C2=O)O[C@@H](CO)CO4)C(=O)N1. The van der Waals surface area contributed by atoms with Gasteiger partial charge in [-0.2, -0.15) is 0 Å². The first kappa shape index (κ1) is 14.9. The predicted molar refractivity (Wildman–Crippen MR) is 79.5 cm³/mol. The van der Waals surface area contributed by atoms with Crippen molar-refractivity contribution in [2.24, 2.45) is 0 Å². The molecule has 0 bridgehead atoms. The van der Waals surface area contributed by atoms with E-state index in [0.717, 1.165) is 5.56 Å². The summed E-state index contributed by atoms with van der Waals surface area (Å²) in [6.45, 7) is 0.362. The molecule has 3 aliphatic rings. The third-order valence-corrected chi connectivity index (χ3v) is 4.51. The molecule has 1 aromatic carbocycles. The van der Waals surface area contributed by atoms with Crippen molar-refractivity contribution >= 4 is 17.7 Å². The highest BCUT2D eigenvalue weighted by Gasteiger charge is 2.40. The molecule has 3 heterocycles. The molecule has 0 radical (unpaired) electrons. The van der Waals surface area contributed by atoms with Crippen LogP contribution in [0.4, 0.5) is 0 Å². The summed E-state index contributed by atoms with van der Waals surface area (Å²) in [4.78, 5) is 37.5. The molecule has 24 heavy (non-hydrogen) atoms. The van der Waals surface area contributed by atoms with Crippen LogP contribution in [0.1, 0.15) is 28.8 Å². The molecule has 2 N–H and O–H groups in total. The van der Waals surface area contributed by atoms with Gasteiger partial charge in [0, 0.05) is 18.5 Å². The van der Waals surface area contributed by atoms with Crippen molar-refractivity contribution in [3.63, 3.8) is 0 Å². The predicted octanol–water partition coefficient (Wildman–Crippen LogP) is -0.420. The average Bonchev–Trinajstić information content (AvgIpc) is 2.88. The highest BCUT2D eigenvalue weighted by molar-refractivity contribution is 6.05. The normalized spacial score (nSPS) is 25.5. The Morgan fingerprint density at radius 3 is 2.83 bits per heavy atom. The van der Waals surface area contributed by atoms with E-state index in [9.17, 15) is 19.5 Å². The van der Waals surface area contributed by atoms with E-state index in [1.165, 1.54) is 4.90 Å². The maximum Gasteiger partial charge on any atom is 0.255 e. The van der Waals surface area contributed by atoms with Crippen molar-refractivity contribution in [2.45, 2.75) is 31.5 Å². The minimum atomic E-state index is -0.647. The Morgan fingerprint density at radius 1 is 1.25 bits per heavy atom. The number of aliphatic hydroxyl groups excluding tert-OH is 1. The maximum atomic E-state index is 12.7. The molecule has 8 heteroatoms. The largest absolute Gasteiger partial charge is 0.486 e. The van der Waals surface area contributed by atoms with Gasteiger partial charge in [0.05, 0.1) is 6.61 Å². The standard InChI is InChI=1S/C16H16N2O6/c19-6-9-7-23-12-3-8-5-18(11-1-2-14(20)17-15(11)21)16(22)10(8)4-13(12)24-9/h3-4,9,11,19H,1-2,5-7H2,(H,17,20,21)/t9-,11-/m0/s1. The van der Waals surface area contributed by atoms with Crippen LogP contribution >= 0.6 is 0 Å². The summed E-state index contributed by atoms with van der Waals surface area (Å²) in [6, 6.07) is 2.69. The van der Waals surface area contributed by atoms with Crippen LogP contribution in [-0.2, 0) is 16.1 Å². The summed E-state index contributed by atoms with van der Waals surface area (Å²) in [6.07, 6.45) is 0.0829. The smallest absolute Gasteiger partial charge is 0.255 e. The third kappa shape index (κ3) is 2.30. The van der Waals surface area contributed by atoms with Crippen LogP contribution in [-0.4, -0.2) is 53.1 Å². The van der Waals surface area contributed by atoms with E-state index in [2.05, 4.69) is 5.32 Å². The van der Waals surface area contributed by atoms with Gasteiger partial charge in [-0.15, -0.1) is 0 Å². The average molecular weight is 332 g/mol. The molecule has 3 amide bonds. The first-order chi connectivity index (χ1) is 11.6. The van der Waals surface area contributed by atoms with E-state index in [1.807, 2.05) is 0 Å². The summed E-state index contributed by atoms with van der Waals surface area (Å²) in [5.74, 6) is -0.0800. The number of carbonyl (C=O) groups is 3. The summed E-state index contributed by atoms with van der Waals surface area (Å²) >= 11 is 0. The lowest BCUT2D eigenvalue weighted by Gasteiger charge is -2.29. The van der Waals surface area contributed by atoms with Crippen LogP contribution in [0, 0.1) is 0 Å². The molecule has 0 saturated carbocycles. The van der Waals surface area contributed by atoms with Crippen LogP contribution < -0.4 is 14.8 Å². The van der Waals surface area contributed by atoms with E-state index in [-0.39, 0.29) is 31.4 Å². The van der Waals surface area contributed by atoms with Gasteiger partial charge < -0.3 is 19.5 Å². The van der Waals surface area contributed by atoms with E-state index in [4.69, 9.17) is 9.47 Å². The summed E-state index contributed by atoms with van der Waals surface area (Å²) < 4.78 is 11.2. The number of hydrogen-bond donors (Lipinski definition) is 2. The Balaban J connectivity index is 1.61. The number of benzene rings is 1. The number of fused-ring (bicyclic) bond motifs is 2. The molecule has 8 nitrogen and oxygen atoms in total. The zero-order chi connectivity index (χ0) is 16.8. The molecule has 126 valence electrons. The number of piperidine rings is 1. The fourth-order valence-electron chi connectivity index (χ4n) is 3.26. The highest BCUT2D eigenvalue weighted by atomic mass is 16.6. The van der Waals surface area contributed by atoms with Gasteiger partial charge in [-0.3, -0.25) is 19.7 Å². The highest BCUT2D eigenvalue weighted by Crippen LogP contribution is 2.38. The summed E-state index contributed by atoms with van der Waals surface area (Å²) in [5, 5.41) is 11.4. The Kier molecular flexibility index (Phi) is 3.42. The van der Waals surface area contributed by atoms with Gasteiger partial charge in [0.25, 0.3) is 5.91 Å². The molecule has 0 aromatic heterocycles. The summed E-state index contributed by atoms with van der Waals surface area (Å²) in [5.41, 5.74) is 1.22. The number of amides is 3. The minimum absolute atomic E-state index is 0.174. The molecule has 0 aliphatic carbocycles. The van der Waals surface area contributed by atoms with Crippen molar-refractivity contribution in [2.75, 3.05) is 13.2 Å². The maximum absolute atomic E-state index is 12.7. The van der Waals surface area contributed by atoms with Gasteiger partial charge >= 0.3 is 0 Å². The van der Waals surface area contributed by atoms with Gasteiger partial charge in [0.15, 0.2) is 17.6 Å². The van der Waals surface area contributed by atoms with Crippen LogP contribution in [0.2, 0.25) is 0 Å². The lowest BCUT2D eigenvalue weighted by molar-refractivity contribution is -0.136. The fraction of sp³-hybridized carbons (Fsp3) is 0.438.